The number of thioether (sulfide) groups is 1. The predicted molar refractivity (Wildman–Crippen MR) is 70.9 cm³/mol. The van der Waals surface area contributed by atoms with Crippen molar-refractivity contribution in [3.05, 3.63) is 35.4 Å². The molecule has 1 amide bonds. The Morgan fingerprint density at radius 3 is 2.44 bits per heavy atom. The lowest BCUT2D eigenvalue weighted by atomic mass is 10.1. The van der Waals surface area contributed by atoms with Gasteiger partial charge in [0.1, 0.15) is 0 Å². The van der Waals surface area contributed by atoms with E-state index in [1.807, 2.05) is 14.0 Å². The monoisotopic (exact) mass is 237 g/mol. The highest BCUT2D eigenvalue weighted by atomic mass is 32.2. The molecule has 1 aromatic rings. The van der Waals surface area contributed by atoms with Crippen LogP contribution in [0.3, 0.4) is 0 Å². The first kappa shape index (κ1) is 13.1. The van der Waals surface area contributed by atoms with Gasteiger partial charge in [-0.05, 0) is 25.2 Å². The van der Waals surface area contributed by atoms with Gasteiger partial charge in [0.2, 0.25) is 0 Å². The van der Waals surface area contributed by atoms with Crippen LogP contribution in [0.5, 0.6) is 0 Å². The highest BCUT2D eigenvalue weighted by Gasteiger charge is 2.16. The van der Waals surface area contributed by atoms with E-state index in [4.69, 9.17) is 0 Å². The van der Waals surface area contributed by atoms with Crippen molar-refractivity contribution in [3.63, 3.8) is 0 Å². The molecule has 1 rings (SSSR count). The lowest BCUT2D eigenvalue weighted by Crippen LogP contribution is -2.26. The third kappa shape index (κ3) is 3.27. The van der Waals surface area contributed by atoms with Gasteiger partial charge < -0.3 is 4.90 Å². The van der Waals surface area contributed by atoms with Crippen LogP contribution in [0.15, 0.2) is 24.3 Å². The summed E-state index contributed by atoms with van der Waals surface area (Å²) in [5.41, 5.74) is 2.42. The van der Waals surface area contributed by atoms with Crippen LogP contribution in [-0.4, -0.2) is 22.9 Å². The summed E-state index contributed by atoms with van der Waals surface area (Å²) in [5.74, 6) is 0.823. The normalized spacial score (nSPS) is 12.2. The Labute approximate surface area is 102 Å². The minimum atomic E-state index is 0.132. The second kappa shape index (κ2) is 5.94. The summed E-state index contributed by atoms with van der Waals surface area (Å²) in [7, 11) is 1.86. The molecule has 0 spiro atoms. The second-order valence-corrected chi connectivity index (χ2v) is 5.11. The van der Waals surface area contributed by atoms with Crippen molar-refractivity contribution in [1.29, 1.82) is 0 Å². The van der Waals surface area contributed by atoms with E-state index >= 15 is 0 Å². The van der Waals surface area contributed by atoms with Crippen LogP contribution in [0, 0.1) is 6.92 Å². The number of benzene rings is 1. The SMILES string of the molecule is CCSC(=O)N(C)C(C)c1ccc(C)cc1. The van der Waals surface area contributed by atoms with Crippen molar-refractivity contribution in [2.75, 3.05) is 12.8 Å². The topological polar surface area (TPSA) is 20.3 Å². The van der Waals surface area contributed by atoms with Crippen LogP contribution in [0.25, 0.3) is 0 Å². The molecule has 0 heterocycles. The largest absolute Gasteiger partial charge is 0.330 e. The summed E-state index contributed by atoms with van der Waals surface area (Å²) in [6, 6.07) is 8.46. The van der Waals surface area contributed by atoms with Gasteiger partial charge in [-0.1, -0.05) is 48.5 Å². The third-order valence-electron chi connectivity index (χ3n) is 2.70. The van der Waals surface area contributed by atoms with Crippen molar-refractivity contribution < 1.29 is 4.79 Å². The maximum Gasteiger partial charge on any atom is 0.281 e. The van der Waals surface area contributed by atoms with Crippen molar-refractivity contribution in [2.24, 2.45) is 0 Å². The van der Waals surface area contributed by atoms with Gasteiger partial charge in [-0.15, -0.1) is 0 Å². The van der Waals surface area contributed by atoms with Gasteiger partial charge in [-0.2, -0.15) is 0 Å². The first-order chi connectivity index (χ1) is 7.56. The Morgan fingerprint density at radius 2 is 1.94 bits per heavy atom. The zero-order valence-electron chi connectivity index (χ0n) is 10.4. The predicted octanol–water partition coefficient (Wildman–Crippen LogP) is 3.86. The van der Waals surface area contributed by atoms with Crippen LogP contribution < -0.4 is 0 Å². The lowest BCUT2D eigenvalue weighted by molar-refractivity contribution is 0.220. The maximum absolute atomic E-state index is 11.7. The van der Waals surface area contributed by atoms with Gasteiger partial charge in [0, 0.05) is 7.05 Å². The van der Waals surface area contributed by atoms with Gasteiger partial charge in [-0.3, -0.25) is 4.79 Å². The molecule has 0 saturated heterocycles. The van der Waals surface area contributed by atoms with E-state index in [1.54, 1.807) is 4.90 Å². The van der Waals surface area contributed by atoms with E-state index < -0.39 is 0 Å². The van der Waals surface area contributed by atoms with Crippen LogP contribution in [-0.2, 0) is 0 Å². The van der Waals surface area contributed by atoms with E-state index in [0.717, 1.165) is 5.75 Å². The van der Waals surface area contributed by atoms with Gasteiger partial charge in [-0.25, -0.2) is 0 Å². The Hall–Kier alpha value is -0.960. The highest BCUT2D eigenvalue weighted by Crippen LogP contribution is 2.22. The molecule has 1 aromatic carbocycles. The molecule has 16 heavy (non-hydrogen) atoms. The molecular formula is C13H19NOS. The second-order valence-electron chi connectivity index (χ2n) is 3.90. The molecule has 0 aliphatic heterocycles. The van der Waals surface area contributed by atoms with E-state index in [-0.39, 0.29) is 11.3 Å². The molecule has 1 unspecified atom stereocenters. The minimum absolute atomic E-state index is 0.132. The van der Waals surface area contributed by atoms with Crippen LogP contribution >= 0.6 is 11.8 Å². The van der Waals surface area contributed by atoms with Crippen molar-refractivity contribution >= 4 is 17.0 Å². The van der Waals surface area contributed by atoms with Crippen molar-refractivity contribution in [3.8, 4) is 0 Å². The summed E-state index contributed by atoms with van der Waals surface area (Å²) < 4.78 is 0. The standard InChI is InChI=1S/C13H19NOS/c1-5-16-13(15)14(4)11(3)12-8-6-10(2)7-9-12/h6-9,11H,5H2,1-4H3. The quantitative estimate of drug-likeness (QED) is 0.795. The Bertz CT molecular complexity index is 347. The zero-order chi connectivity index (χ0) is 12.1. The average molecular weight is 237 g/mol. The fraction of sp³-hybridized carbons (Fsp3) is 0.462. The molecule has 0 fully saturated rings. The van der Waals surface area contributed by atoms with Gasteiger partial charge in [0.05, 0.1) is 6.04 Å². The summed E-state index contributed by atoms with van der Waals surface area (Å²) in [5, 5.41) is 0.135. The Kier molecular flexibility index (Phi) is 4.87. The molecule has 0 N–H and O–H groups in total. The number of carbonyl (C=O) groups excluding carboxylic acids is 1. The van der Waals surface area contributed by atoms with E-state index in [1.165, 1.54) is 22.9 Å². The van der Waals surface area contributed by atoms with E-state index in [2.05, 4.69) is 38.1 Å². The van der Waals surface area contributed by atoms with Gasteiger partial charge in [0.25, 0.3) is 5.24 Å². The minimum Gasteiger partial charge on any atom is -0.330 e. The maximum atomic E-state index is 11.7. The van der Waals surface area contributed by atoms with E-state index in [9.17, 15) is 4.79 Å². The number of hydrogen-bond acceptors (Lipinski definition) is 2. The zero-order valence-corrected chi connectivity index (χ0v) is 11.2. The van der Waals surface area contributed by atoms with Crippen LogP contribution in [0.4, 0.5) is 4.79 Å². The number of aryl methyl sites for hydroxylation is 1. The molecule has 0 bridgehead atoms. The van der Waals surface area contributed by atoms with Crippen LogP contribution in [0.1, 0.15) is 31.0 Å². The number of hydrogen-bond donors (Lipinski definition) is 0. The summed E-state index contributed by atoms with van der Waals surface area (Å²) in [6.45, 7) is 6.11. The smallest absolute Gasteiger partial charge is 0.281 e. The molecule has 0 aromatic heterocycles. The molecule has 0 radical (unpaired) electrons. The summed E-state index contributed by atoms with van der Waals surface area (Å²) in [4.78, 5) is 13.5. The van der Waals surface area contributed by atoms with Crippen molar-refractivity contribution in [1.82, 2.24) is 4.90 Å². The Balaban J connectivity index is 2.73. The Morgan fingerprint density at radius 1 is 1.38 bits per heavy atom. The molecular weight excluding hydrogens is 218 g/mol. The summed E-state index contributed by atoms with van der Waals surface area (Å²) in [6.07, 6.45) is 0. The highest BCUT2D eigenvalue weighted by molar-refractivity contribution is 8.13. The number of rotatable bonds is 3. The van der Waals surface area contributed by atoms with Gasteiger partial charge in [0.15, 0.2) is 0 Å². The summed E-state index contributed by atoms with van der Waals surface area (Å²) >= 11 is 1.35. The third-order valence-corrected chi connectivity index (χ3v) is 3.52. The number of nitrogens with zero attached hydrogens (tertiary/aromatic N) is 1. The van der Waals surface area contributed by atoms with Crippen LogP contribution in [0.2, 0.25) is 0 Å². The molecule has 0 aliphatic rings. The van der Waals surface area contributed by atoms with E-state index in [0.29, 0.717) is 0 Å². The number of amides is 1. The molecule has 0 saturated carbocycles. The number of carbonyl (C=O) groups is 1. The molecule has 1 atom stereocenters. The fourth-order valence-electron chi connectivity index (χ4n) is 1.45. The van der Waals surface area contributed by atoms with Gasteiger partial charge >= 0.3 is 0 Å². The molecule has 2 nitrogen and oxygen atoms in total. The lowest BCUT2D eigenvalue weighted by Gasteiger charge is -2.24. The fourth-order valence-corrected chi connectivity index (χ4v) is 2.06. The molecule has 88 valence electrons. The molecule has 0 aliphatic carbocycles. The average Bonchev–Trinajstić information content (AvgIpc) is 2.28. The van der Waals surface area contributed by atoms with Crippen molar-refractivity contribution in [2.45, 2.75) is 26.8 Å². The first-order valence-electron chi connectivity index (χ1n) is 5.52. The molecule has 3 heteroatoms. The first-order valence-corrected chi connectivity index (χ1v) is 6.51.